The smallest absolute Gasteiger partial charge is 0.233 e. The predicted molar refractivity (Wildman–Crippen MR) is 109 cm³/mol. The molecule has 3 heteroatoms. The van der Waals surface area contributed by atoms with E-state index in [1.54, 1.807) is 4.90 Å². The number of rotatable bonds is 5. The normalized spacial score (nSPS) is 28.1. The third kappa shape index (κ3) is 4.17. The first-order chi connectivity index (χ1) is 12.9. The van der Waals surface area contributed by atoms with E-state index in [2.05, 4.69) is 64.1 Å². The zero-order chi connectivity index (χ0) is 19.6. The number of hydrogen-bond donors (Lipinski definition) is 0. The lowest BCUT2D eigenvalue weighted by Crippen LogP contribution is -2.33. The first-order valence-corrected chi connectivity index (χ1v) is 10.5. The Hall–Kier alpha value is -1.90. The van der Waals surface area contributed by atoms with Crippen molar-refractivity contribution in [1.29, 1.82) is 0 Å². The van der Waals surface area contributed by atoms with Crippen LogP contribution < -0.4 is 0 Å². The second-order valence-electron chi connectivity index (χ2n) is 8.93. The first-order valence-electron chi connectivity index (χ1n) is 10.5. The Morgan fingerprint density at radius 1 is 0.926 bits per heavy atom. The van der Waals surface area contributed by atoms with Gasteiger partial charge in [0.25, 0.3) is 0 Å². The molecule has 0 aromatic heterocycles. The minimum atomic E-state index is -0.0217. The zero-order valence-corrected chi connectivity index (χ0v) is 17.1. The summed E-state index contributed by atoms with van der Waals surface area (Å²) in [5.41, 5.74) is 1.41. The molecule has 146 valence electrons. The van der Waals surface area contributed by atoms with Crippen LogP contribution in [0.3, 0.4) is 0 Å². The fraction of sp³-hybridized carbons (Fsp3) is 0.583. The molecule has 2 aliphatic carbocycles. The van der Waals surface area contributed by atoms with Crippen LogP contribution in [0.4, 0.5) is 0 Å². The molecule has 0 spiro atoms. The molecule has 1 aromatic carbocycles. The fourth-order valence-corrected chi connectivity index (χ4v) is 4.68. The molecular weight excluding hydrogens is 334 g/mol. The van der Waals surface area contributed by atoms with E-state index in [4.69, 9.17) is 0 Å². The van der Waals surface area contributed by atoms with Crippen molar-refractivity contribution in [3.8, 4) is 0 Å². The molecule has 1 aliphatic heterocycles. The number of benzene rings is 1. The van der Waals surface area contributed by atoms with Crippen molar-refractivity contribution in [2.24, 2.45) is 29.6 Å². The van der Waals surface area contributed by atoms with Crippen molar-refractivity contribution in [3.05, 3.63) is 48.0 Å². The summed E-state index contributed by atoms with van der Waals surface area (Å²) in [5.74, 6) is 2.13. The van der Waals surface area contributed by atoms with E-state index < -0.39 is 0 Å². The highest BCUT2D eigenvalue weighted by atomic mass is 16.2. The molecule has 1 aromatic rings. The third-order valence-corrected chi connectivity index (χ3v) is 6.19. The first kappa shape index (κ1) is 19.9. The van der Waals surface area contributed by atoms with Gasteiger partial charge < -0.3 is 0 Å². The van der Waals surface area contributed by atoms with Crippen molar-refractivity contribution >= 4 is 11.8 Å². The van der Waals surface area contributed by atoms with E-state index in [1.165, 1.54) is 5.56 Å². The average Bonchev–Trinajstić information content (AvgIpc) is 3.32. The molecule has 1 heterocycles. The number of nitrogens with zero attached hydrogens (tertiary/aromatic N) is 1. The van der Waals surface area contributed by atoms with Gasteiger partial charge in [-0.1, -0.05) is 70.2 Å². The lowest BCUT2D eigenvalue weighted by atomic mass is 9.85. The van der Waals surface area contributed by atoms with Crippen LogP contribution in [0.5, 0.6) is 0 Å². The van der Waals surface area contributed by atoms with Gasteiger partial charge in [0, 0.05) is 6.54 Å². The highest BCUT2D eigenvalue weighted by Crippen LogP contribution is 2.52. The quantitative estimate of drug-likeness (QED) is 0.540. The molecule has 0 radical (unpaired) electrons. The van der Waals surface area contributed by atoms with Crippen molar-refractivity contribution in [1.82, 2.24) is 4.90 Å². The minimum absolute atomic E-state index is 0.0217. The second-order valence-corrected chi connectivity index (χ2v) is 8.93. The number of fused-ring (bicyclic) bond motifs is 5. The Morgan fingerprint density at radius 2 is 1.48 bits per heavy atom. The number of carbonyl (C=O) groups is 2. The van der Waals surface area contributed by atoms with Crippen molar-refractivity contribution < 1.29 is 9.59 Å². The Labute approximate surface area is 163 Å². The largest absolute Gasteiger partial charge is 0.282 e. The number of imide groups is 1. The lowest BCUT2D eigenvalue weighted by Gasteiger charge is -2.17. The van der Waals surface area contributed by atoms with E-state index in [1.807, 2.05) is 6.07 Å². The number of carbonyl (C=O) groups excluding carboxylic acids is 2. The van der Waals surface area contributed by atoms with E-state index >= 15 is 0 Å². The van der Waals surface area contributed by atoms with Crippen molar-refractivity contribution in [3.63, 3.8) is 0 Å². The summed E-state index contributed by atoms with van der Waals surface area (Å²) in [7, 11) is 0. The second kappa shape index (κ2) is 8.41. The summed E-state index contributed by atoms with van der Waals surface area (Å²) >= 11 is 0. The zero-order valence-electron chi connectivity index (χ0n) is 17.1. The van der Waals surface area contributed by atoms with Gasteiger partial charge in [-0.15, -0.1) is 0 Å². The summed E-state index contributed by atoms with van der Waals surface area (Å²) < 4.78 is 0. The van der Waals surface area contributed by atoms with E-state index in [0.29, 0.717) is 30.2 Å². The standard InChI is InChI=1S/C15H21NO2.C9H12/c1-9(2)4-3-7-16-14(17)12-10-5-6-11(8-10)13(12)15(16)18;1-8(2)9-6-4-3-5-7-9/h5-6,9-13H,3-4,7-8H2,1-2H3;3-8H,1-2H3. The molecule has 1 saturated carbocycles. The van der Waals surface area contributed by atoms with Gasteiger partial charge in [0.15, 0.2) is 0 Å². The van der Waals surface area contributed by atoms with E-state index in [-0.39, 0.29) is 23.7 Å². The maximum absolute atomic E-state index is 12.3. The average molecular weight is 368 g/mol. The van der Waals surface area contributed by atoms with Crippen LogP contribution in [0.1, 0.15) is 58.4 Å². The van der Waals surface area contributed by atoms with E-state index in [9.17, 15) is 9.59 Å². The number of allylic oxidation sites excluding steroid dienone is 2. The summed E-state index contributed by atoms with van der Waals surface area (Å²) in [4.78, 5) is 26.2. The minimum Gasteiger partial charge on any atom is -0.282 e. The molecule has 27 heavy (non-hydrogen) atoms. The summed E-state index contributed by atoms with van der Waals surface area (Å²) in [6.45, 7) is 9.38. The number of amides is 2. The maximum atomic E-state index is 12.3. The van der Waals surface area contributed by atoms with Crippen LogP contribution >= 0.6 is 0 Å². The van der Waals surface area contributed by atoms with Gasteiger partial charge >= 0.3 is 0 Å². The number of hydrogen-bond acceptors (Lipinski definition) is 2. The Morgan fingerprint density at radius 3 is 1.93 bits per heavy atom. The SMILES string of the molecule is CC(C)CCCN1C(=O)C2C3C=CC(C3)C2C1=O.CC(C)c1ccccc1. The topological polar surface area (TPSA) is 37.4 Å². The van der Waals surface area contributed by atoms with Crippen LogP contribution in [-0.4, -0.2) is 23.3 Å². The van der Waals surface area contributed by atoms with Crippen LogP contribution in [-0.2, 0) is 9.59 Å². The molecule has 2 fully saturated rings. The Balaban J connectivity index is 0.000000197. The molecule has 0 N–H and O–H groups in total. The molecule has 2 amide bonds. The molecule has 1 saturated heterocycles. The Bertz CT molecular complexity index is 662. The predicted octanol–water partition coefficient (Wildman–Crippen LogP) is 5.04. The molecule has 3 nitrogen and oxygen atoms in total. The summed E-state index contributed by atoms with van der Waals surface area (Å²) in [5, 5.41) is 0. The van der Waals surface area contributed by atoms with E-state index in [0.717, 1.165) is 19.3 Å². The summed E-state index contributed by atoms with van der Waals surface area (Å²) in [6.07, 6.45) is 7.34. The monoisotopic (exact) mass is 367 g/mol. The van der Waals surface area contributed by atoms with Gasteiger partial charge in [0.2, 0.25) is 11.8 Å². The number of likely N-dealkylation sites (tertiary alicyclic amines) is 1. The third-order valence-electron chi connectivity index (χ3n) is 6.19. The van der Waals surface area contributed by atoms with Gasteiger partial charge in [-0.25, -0.2) is 0 Å². The fourth-order valence-electron chi connectivity index (χ4n) is 4.68. The molecule has 4 rings (SSSR count). The van der Waals surface area contributed by atoms with Gasteiger partial charge in [0.05, 0.1) is 11.8 Å². The highest BCUT2D eigenvalue weighted by Gasteiger charge is 2.58. The van der Waals surface area contributed by atoms with Crippen molar-refractivity contribution in [2.45, 2.75) is 52.9 Å². The van der Waals surface area contributed by atoms with Crippen LogP contribution in [0.15, 0.2) is 42.5 Å². The van der Waals surface area contributed by atoms with Gasteiger partial charge in [0.1, 0.15) is 0 Å². The molecule has 3 aliphatic rings. The summed E-state index contributed by atoms with van der Waals surface area (Å²) in [6, 6.07) is 10.5. The van der Waals surface area contributed by atoms with Gasteiger partial charge in [-0.3, -0.25) is 14.5 Å². The van der Waals surface area contributed by atoms with Gasteiger partial charge in [-0.2, -0.15) is 0 Å². The molecular formula is C24H33NO2. The molecule has 4 unspecified atom stereocenters. The molecule has 2 bridgehead atoms. The Kier molecular flexibility index (Phi) is 6.18. The van der Waals surface area contributed by atoms with Crippen LogP contribution in [0.25, 0.3) is 0 Å². The van der Waals surface area contributed by atoms with Crippen molar-refractivity contribution in [2.75, 3.05) is 6.54 Å². The lowest BCUT2D eigenvalue weighted by molar-refractivity contribution is -0.140. The molecule has 4 atom stereocenters. The highest BCUT2D eigenvalue weighted by molar-refractivity contribution is 6.06. The van der Waals surface area contributed by atoms with Crippen LogP contribution in [0, 0.1) is 29.6 Å². The van der Waals surface area contributed by atoms with Crippen LogP contribution in [0.2, 0.25) is 0 Å². The maximum Gasteiger partial charge on any atom is 0.233 e. The van der Waals surface area contributed by atoms with Gasteiger partial charge in [-0.05, 0) is 48.5 Å².